The molecule has 1 unspecified atom stereocenters. The Balaban J connectivity index is 1.62. The van der Waals surface area contributed by atoms with Crippen molar-refractivity contribution in [2.75, 3.05) is 25.7 Å². The van der Waals surface area contributed by atoms with Gasteiger partial charge in [0, 0.05) is 30.1 Å². The number of nitrogens with zero attached hydrogens (tertiary/aromatic N) is 2. The van der Waals surface area contributed by atoms with Gasteiger partial charge in [-0.1, -0.05) is 6.07 Å². The fraction of sp³-hybridized carbons (Fsp3) is 0.318. The molecule has 1 saturated heterocycles. The average Bonchev–Trinajstić information content (AvgIpc) is 3.28. The van der Waals surface area contributed by atoms with Gasteiger partial charge in [0.05, 0.1) is 19.6 Å². The number of methoxy groups -OCH3 is 2. The minimum absolute atomic E-state index is 0.0941. The van der Waals surface area contributed by atoms with E-state index in [9.17, 15) is 4.79 Å². The number of carbonyl (C=O) groups is 1. The molecule has 1 aliphatic carbocycles. The number of anilines is 1. The number of nitrogens with two attached hydrogens (primary N) is 1. The molecule has 1 amide bonds. The first-order chi connectivity index (χ1) is 14.0. The van der Waals surface area contributed by atoms with Crippen molar-refractivity contribution in [2.24, 2.45) is 11.1 Å². The molecule has 2 aliphatic rings. The van der Waals surface area contributed by atoms with Gasteiger partial charge in [-0.15, -0.1) is 0 Å². The van der Waals surface area contributed by atoms with Crippen molar-refractivity contribution < 1.29 is 14.3 Å². The molecule has 1 spiro atoms. The smallest absolute Gasteiger partial charge is 0.235 e. The molecule has 1 fully saturated rings. The van der Waals surface area contributed by atoms with E-state index in [-0.39, 0.29) is 5.91 Å². The second-order valence-corrected chi connectivity index (χ2v) is 7.47. The van der Waals surface area contributed by atoms with Crippen LogP contribution in [0.4, 0.5) is 5.82 Å². The molecule has 7 heteroatoms. The number of carbonyl (C=O) groups excluding carboxylic acids is 1. The molecule has 3 N–H and O–H groups in total. The molecule has 2 heterocycles. The lowest BCUT2D eigenvalue weighted by molar-refractivity contribution is -0.125. The molecular weight excluding hydrogens is 368 g/mol. The van der Waals surface area contributed by atoms with Gasteiger partial charge in [-0.05, 0) is 54.7 Å². The lowest BCUT2D eigenvalue weighted by atomic mass is 9.83. The number of aromatic nitrogens is 1. The molecule has 29 heavy (non-hydrogen) atoms. The van der Waals surface area contributed by atoms with E-state index in [1.807, 2.05) is 12.1 Å². The highest BCUT2D eigenvalue weighted by molar-refractivity contribution is 6.09. The highest BCUT2D eigenvalue weighted by atomic mass is 16.5. The molecule has 7 nitrogen and oxygen atoms in total. The zero-order valence-electron chi connectivity index (χ0n) is 16.6. The number of amides is 1. The van der Waals surface area contributed by atoms with Crippen molar-refractivity contribution >= 4 is 23.5 Å². The maximum Gasteiger partial charge on any atom is 0.235 e. The van der Waals surface area contributed by atoms with Crippen LogP contribution in [0.1, 0.15) is 23.1 Å². The van der Waals surface area contributed by atoms with Gasteiger partial charge in [0.25, 0.3) is 0 Å². The Morgan fingerprint density at radius 2 is 2.00 bits per heavy atom. The number of hydrogen-bond acceptors (Lipinski definition) is 6. The van der Waals surface area contributed by atoms with Gasteiger partial charge in [-0.25, -0.2) is 0 Å². The van der Waals surface area contributed by atoms with Gasteiger partial charge in [0.1, 0.15) is 11.6 Å². The fourth-order valence-electron chi connectivity index (χ4n) is 4.40. The maximum atomic E-state index is 13.4. The molecule has 2 aromatic rings. The van der Waals surface area contributed by atoms with Crippen molar-refractivity contribution in [3.05, 3.63) is 53.2 Å². The Morgan fingerprint density at radius 1 is 1.21 bits per heavy atom. The third kappa shape index (κ3) is 3.03. The minimum atomic E-state index is -0.417. The quantitative estimate of drug-likeness (QED) is 0.762. The molecule has 1 aromatic carbocycles. The summed E-state index contributed by atoms with van der Waals surface area (Å²) >= 11 is 0. The van der Waals surface area contributed by atoms with Gasteiger partial charge in [-0.2, -0.15) is 4.98 Å². The monoisotopic (exact) mass is 392 g/mol. The molecule has 150 valence electrons. The summed E-state index contributed by atoms with van der Waals surface area (Å²) in [5, 5.41) is 7.49. The van der Waals surface area contributed by atoms with Crippen molar-refractivity contribution in [1.29, 1.82) is 5.41 Å². The van der Waals surface area contributed by atoms with Gasteiger partial charge in [0.2, 0.25) is 11.8 Å². The van der Waals surface area contributed by atoms with Crippen LogP contribution in [0, 0.1) is 10.8 Å². The molecule has 1 aliphatic heterocycles. The summed E-state index contributed by atoms with van der Waals surface area (Å²) in [6.45, 7) is 0.615. The lowest BCUT2D eigenvalue weighted by Crippen LogP contribution is -2.35. The summed E-state index contributed by atoms with van der Waals surface area (Å²) in [5.74, 6) is 1.81. The van der Waals surface area contributed by atoms with E-state index in [1.54, 1.807) is 24.1 Å². The van der Waals surface area contributed by atoms with Gasteiger partial charge in [0.15, 0.2) is 0 Å². The fourth-order valence-corrected chi connectivity index (χ4v) is 4.40. The van der Waals surface area contributed by atoms with Crippen LogP contribution in [0.15, 0.2) is 36.5 Å². The summed E-state index contributed by atoms with van der Waals surface area (Å²) in [5.41, 5.74) is 8.70. The standard InChI is InChI=1S/C22H24N4O3/c1-28-17-4-3-14-10-22(11-15(14)9-17)7-8-26(21(22)27)19-6-5-18(16(12-23)13-24)20(25-19)29-2/h3-6,9,12-13,23H,7-8,10-11,24H2,1-2H3/b16-13+,23-12?. The van der Waals surface area contributed by atoms with Crippen LogP contribution < -0.4 is 20.1 Å². The Labute approximate surface area is 169 Å². The molecule has 0 bridgehead atoms. The maximum absolute atomic E-state index is 13.4. The van der Waals surface area contributed by atoms with Crippen LogP contribution in [0.3, 0.4) is 0 Å². The van der Waals surface area contributed by atoms with Crippen LogP contribution in [0.2, 0.25) is 0 Å². The van der Waals surface area contributed by atoms with E-state index in [0.717, 1.165) is 31.2 Å². The molecule has 4 rings (SSSR count). The third-order valence-electron chi connectivity index (χ3n) is 5.95. The van der Waals surface area contributed by atoms with E-state index in [2.05, 4.69) is 11.1 Å². The molecule has 0 saturated carbocycles. The zero-order valence-corrected chi connectivity index (χ0v) is 16.6. The number of nitrogens with one attached hydrogen (secondary N) is 1. The van der Waals surface area contributed by atoms with E-state index in [1.165, 1.54) is 24.4 Å². The normalized spacial score (nSPS) is 20.8. The zero-order chi connectivity index (χ0) is 20.6. The Morgan fingerprint density at radius 3 is 2.69 bits per heavy atom. The van der Waals surface area contributed by atoms with Crippen LogP contribution in [-0.2, 0) is 17.6 Å². The van der Waals surface area contributed by atoms with E-state index in [0.29, 0.717) is 29.4 Å². The first kappa shape index (κ1) is 19.0. The van der Waals surface area contributed by atoms with Gasteiger partial charge < -0.3 is 20.6 Å². The second kappa shape index (κ2) is 7.24. The Kier molecular flexibility index (Phi) is 4.74. The molecule has 1 aromatic heterocycles. The molecular formula is C22H24N4O3. The third-order valence-corrected chi connectivity index (χ3v) is 5.95. The van der Waals surface area contributed by atoms with Crippen LogP contribution in [0.25, 0.3) is 5.57 Å². The lowest BCUT2D eigenvalue weighted by Gasteiger charge is -2.22. The largest absolute Gasteiger partial charge is 0.497 e. The van der Waals surface area contributed by atoms with Crippen LogP contribution in [-0.4, -0.2) is 37.9 Å². The van der Waals surface area contributed by atoms with E-state index in [4.69, 9.17) is 20.6 Å². The highest BCUT2D eigenvalue weighted by Gasteiger charge is 2.50. The van der Waals surface area contributed by atoms with Crippen LogP contribution >= 0.6 is 0 Å². The topological polar surface area (TPSA) is 102 Å². The predicted octanol–water partition coefficient (Wildman–Crippen LogP) is 2.57. The Hall–Kier alpha value is -3.35. The summed E-state index contributed by atoms with van der Waals surface area (Å²) in [7, 11) is 3.17. The van der Waals surface area contributed by atoms with Crippen molar-refractivity contribution in [3.8, 4) is 11.6 Å². The predicted molar refractivity (Wildman–Crippen MR) is 112 cm³/mol. The van der Waals surface area contributed by atoms with E-state index >= 15 is 0 Å². The SMILES string of the molecule is COc1ccc2c(c1)CC1(CCN(c3ccc(/C(C=N)=C/N)c(OC)n3)C1=O)C2. The van der Waals surface area contributed by atoms with Gasteiger partial charge in [-0.3, -0.25) is 9.69 Å². The highest BCUT2D eigenvalue weighted by Crippen LogP contribution is 2.46. The molecule has 0 radical (unpaired) electrons. The second-order valence-electron chi connectivity index (χ2n) is 7.47. The number of pyridine rings is 1. The van der Waals surface area contributed by atoms with Crippen molar-refractivity contribution in [2.45, 2.75) is 19.3 Å². The summed E-state index contributed by atoms with van der Waals surface area (Å²) < 4.78 is 10.7. The number of rotatable bonds is 5. The number of allylic oxidation sites excluding steroid dienone is 1. The summed E-state index contributed by atoms with van der Waals surface area (Å²) in [6, 6.07) is 9.62. The first-order valence-corrected chi connectivity index (χ1v) is 9.51. The molecule has 1 atom stereocenters. The summed E-state index contributed by atoms with van der Waals surface area (Å²) in [6.07, 6.45) is 4.73. The minimum Gasteiger partial charge on any atom is -0.497 e. The summed E-state index contributed by atoms with van der Waals surface area (Å²) in [4.78, 5) is 19.7. The number of ether oxygens (including phenoxy) is 2. The number of benzene rings is 1. The van der Waals surface area contributed by atoms with E-state index < -0.39 is 5.41 Å². The average molecular weight is 392 g/mol. The first-order valence-electron chi connectivity index (χ1n) is 9.51. The Bertz CT molecular complexity index is 1020. The number of hydrogen-bond donors (Lipinski definition) is 2. The van der Waals surface area contributed by atoms with Crippen LogP contribution in [0.5, 0.6) is 11.6 Å². The van der Waals surface area contributed by atoms with Gasteiger partial charge >= 0.3 is 0 Å². The number of fused-ring (bicyclic) bond motifs is 1. The van der Waals surface area contributed by atoms with Crippen molar-refractivity contribution in [3.63, 3.8) is 0 Å². The van der Waals surface area contributed by atoms with Crippen molar-refractivity contribution in [1.82, 2.24) is 4.98 Å².